The molecule has 0 saturated carbocycles. The van der Waals surface area contributed by atoms with Crippen molar-refractivity contribution in [2.24, 2.45) is 7.05 Å². The Morgan fingerprint density at radius 3 is 2.88 bits per heavy atom. The Balaban J connectivity index is 1.64. The quantitative estimate of drug-likeness (QED) is 0.884. The van der Waals surface area contributed by atoms with Crippen LogP contribution in [0.1, 0.15) is 12.1 Å². The summed E-state index contributed by atoms with van der Waals surface area (Å²) in [4.78, 5) is 26.4. The molecule has 126 valence electrons. The zero-order valence-electron chi connectivity index (χ0n) is 13.7. The zero-order chi connectivity index (χ0) is 17.1. The molecule has 0 aliphatic carbocycles. The molecule has 1 aliphatic heterocycles. The first-order valence-corrected chi connectivity index (χ1v) is 7.81. The molecule has 1 atom stereocenters. The summed E-state index contributed by atoms with van der Waals surface area (Å²) < 4.78 is 6.96. The van der Waals surface area contributed by atoms with Crippen molar-refractivity contribution in [1.82, 2.24) is 15.1 Å². The van der Waals surface area contributed by atoms with Crippen LogP contribution in [0.15, 0.2) is 36.5 Å². The van der Waals surface area contributed by atoms with Crippen LogP contribution in [0.5, 0.6) is 5.75 Å². The van der Waals surface area contributed by atoms with Crippen molar-refractivity contribution in [2.45, 2.75) is 18.9 Å². The third-order valence-electron chi connectivity index (χ3n) is 4.03. The fourth-order valence-corrected chi connectivity index (χ4v) is 2.87. The third-order valence-corrected chi connectivity index (χ3v) is 4.03. The fourth-order valence-electron chi connectivity index (χ4n) is 2.87. The molecule has 0 bridgehead atoms. The second-order valence-electron chi connectivity index (χ2n) is 5.73. The van der Waals surface area contributed by atoms with Crippen molar-refractivity contribution in [1.29, 1.82) is 0 Å². The van der Waals surface area contributed by atoms with Crippen LogP contribution in [0, 0.1) is 0 Å². The predicted octanol–water partition coefficient (Wildman–Crippen LogP) is 0.893. The normalized spacial score (nSPS) is 17.2. The van der Waals surface area contributed by atoms with Gasteiger partial charge in [-0.05, 0) is 24.6 Å². The number of hydrogen-bond acceptors (Lipinski definition) is 4. The minimum atomic E-state index is -0.508. The molecule has 1 fully saturated rings. The van der Waals surface area contributed by atoms with Gasteiger partial charge in [-0.15, -0.1) is 0 Å². The predicted molar refractivity (Wildman–Crippen MR) is 88.8 cm³/mol. The molecule has 2 aromatic rings. The number of amides is 2. The lowest BCUT2D eigenvalue weighted by molar-refractivity contribution is -0.126. The van der Waals surface area contributed by atoms with Gasteiger partial charge in [0, 0.05) is 19.8 Å². The first-order valence-electron chi connectivity index (χ1n) is 7.81. The summed E-state index contributed by atoms with van der Waals surface area (Å²) in [6.45, 7) is 0.549. The maximum Gasteiger partial charge on any atom is 0.249 e. The molecular weight excluding hydrogens is 308 g/mol. The number of benzene rings is 1. The van der Waals surface area contributed by atoms with Crippen LogP contribution < -0.4 is 15.0 Å². The van der Waals surface area contributed by atoms with Crippen molar-refractivity contribution in [3.63, 3.8) is 0 Å². The van der Waals surface area contributed by atoms with Gasteiger partial charge in [0.25, 0.3) is 0 Å². The van der Waals surface area contributed by atoms with Crippen LogP contribution in [0.2, 0.25) is 0 Å². The smallest absolute Gasteiger partial charge is 0.249 e. The molecule has 1 saturated heterocycles. The van der Waals surface area contributed by atoms with E-state index in [-0.39, 0.29) is 18.2 Å². The largest absolute Gasteiger partial charge is 0.495 e. The van der Waals surface area contributed by atoms with Crippen molar-refractivity contribution in [3.05, 3.63) is 42.2 Å². The topological polar surface area (TPSA) is 76.5 Å². The highest BCUT2D eigenvalue weighted by molar-refractivity contribution is 6.02. The number of carbonyl (C=O) groups is 2. The van der Waals surface area contributed by atoms with E-state index in [2.05, 4.69) is 10.4 Å². The molecule has 3 rings (SSSR count). The minimum Gasteiger partial charge on any atom is -0.495 e. The van der Waals surface area contributed by atoms with Gasteiger partial charge in [0.1, 0.15) is 11.8 Å². The number of ether oxygens (including phenoxy) is 1. The van der Waals surface area contributed by atoms with E-state index < -0.39 is 6.04 Å². The number of aromatic nitrogens is 2. The van der Waals surface area contributed by atoms with E-state index in [4.69, 9.17) is 4.74 Å². The first-order chi connectivity index (χ1) is 11.6. The number of aryl methyl sites for hydroxylation is 1. The number of para-hydroxylation sites is 2. The number of hydrogen-bond donors (Lipinski definition) is 1. The van der Waals surface area contributed by atoms with Gasteiger partial charge in [0.15, 0.2) is 0 Å². The van der Waals surface area contributed by atoms with E-state index in [1.807, 2.05) is 24.3 Å². The molecule has 2 amide bonds. The lowest BCUT2D eigenvalue weighted by Crippen LogP contribution is -2.42. The molecule has 1 aliphatic rings. The van der Waals surface area contributed by atoms with Crippen LogP contribution in [0.4, 0.5) is 5.69 Å². The molecule has 0 spiro atoms. The van der Waals surface area contributed by atoms with Crippen LogP contribution >= 0.6 is 0 Å². The summed E-state index contributed by atoms with van der Waals surface area (Å²) in [7, 11) is 3.37. The standard InChI is InChI=1S/C17H20N4O3/c1-20-9-7-12(19-20)11-16(22)18-13-8-10-21(17(13)23)14-5-3-4-6-15(14)24-2/h3-7,9,13H,8,10-11H2,1-2H3,(H,18,22). The van der Waals surface area contributed by atoms with Gasteiger partial charge in [-0.2, -0.15) is 5.10 Å². The second-order valence-corrected chi connectivity index (χ2v) is 5.73. The molecule has 24 heavy (non-hydrogen) atoms. The summed E-state index contributed by atoms with van der Waals surface area (Å²) in [5, 5.41) is 6.98. The van der Waals surface area contributed by atoms with E-state index in [0.717, 1.165) is 5.69 Å². The number of nitrogens with zero attached hydrogens (tertiary/aromatic N) is 3. The van der Waals surface area contributed by atoms with Crippen LogP contribution in [-0.2, 0) is 23.1 Å². The molecule has 1 aromatic carbocycles. The average molecular weight is 328 g/mol. The zero-order valence-corrected chi connectivity index (χ0v) is 13.7. The van der Waals surface area contributed by atoms with Gasteiger partial charge in [-0.3, -0.25) is 14.3 Å². The maximum absolute atomic E-state index is 12.6. The second kappa shape index (κ2) is 6.74. The van der Waals surface area contributed by atoms with E-state index in [1.54, 1.807) is 36.0 Å². The van der Waals surface area contributed by atoms with Crippen LogP contribution in [0.3, 0.4) is 0 Å². The number of anilines is 1. The van der Waals surface area contributed by atoms with Gasteiger partial charge >= 0.3 is 0 Å². The van der Waals surface area contributed by atoms with Gasteiger partial charge in [0.05, 0.1) is 24.9 Å². The van der Waals surface area contributed by atoms with E-state index >= 15 is 0 Å². The summed E-state index contributed by atoms with van der Waals surface area (Å²) in [6, 6.07) is 8.65. The SMILES string of the molecule is COc1ccccc1N1CCC(NC(=O)Cc2ccn(C)n2)C1=O. The maximum atomic E-state index is 12.6. The molecule has 7 heteroatoms. The Bertz CT molecular complexity index is 756. The van der Waals surface area contributed by atoms with Crippen molar-refractivity contribution < 1.29 is 14.3 Å². The Hall–Kier alpha value is -2.83. The molecule has 1 unspecified atom stereocenters. The Kier molecular flexibility index (Phi) is 4.50. The van der Waals surface area contributed by atoms with Crippen LogP contribution in [-0.4, -0.2) is 41.3 Å². The van der Waals surface area contributed by atoms with Gasteiger partial charge < -0.3 is 15.0 Å². The van der Waals surface area contributed by atoms with E-state index in [0.29, 0.717) is 24.4 Å². The highest BCUT2D eigenvalue weighted by atomic mass is 16.5. The summed E-state index contributed by atoms with van der Waals surface area (Å²) in [5.74, 6) is 0.328. The number of rotatable bonds is 5. The molecule has 1 N–H and O–H groups in total. The first kappa shape index (κ1) is 16.0. The molecular formula is C17H20N4O3. The van der Waals surface area contributed by atoms with E-state index in [9.17, 15) is 9.59 Å². The van der Waals surface area contributed by atoms with Crippen LogP contribution in [0.25, 0.3) is 0 Å². The minimum absolute atomic E-state index is 0.117. The Morgan fingerprint density at radius 1 is 1.38 bits per heavy atom. The number of methoxy groups -OCH3 is 1. The molecule has 2 heterocycles. The Labute approximate surface area is 140 Å². The van der Waals surface area contributed by atoms with Gasteiger partial charge in [-0.1, -0.05) is 12.1 Å². The van der Waals surface area contributed by atoms with Gasteiger partial charge in [0.2, 0.25) is 11.8 Å². The lowest BCUT2D eigenvalue weighted by atomic mass is 10.2. The third kappa shape index (κ3) is 3.24. The molecule has 1 aromatic heterocycles. The number of carbonyl (C=O) groups excluding carboxylic acids is 2. The summed E-state index contributed by atoms with van der Waals surface area (Å²) >= 11 is 0. The van der Waals surface area contributed by atoms with E-state index in [1.165, 1.54) is 0 Å². The molecule has 0 radical (unpaired) electrons. The average Bonchev–Trinajstić information content (AvgIpc) is 3.14. The van der Waals surface area contributed by atoms with Crippen molar-refractivity contribution in [3.8, 4) is 5.75 Å². The van der Waals surface area contributed by atoms with Crippen molar-refractivity contribution in [2.75, 3.05) is 18.6 Å². The van der Waals surface area contributed by atoms with Crippen molar-refractivity contribution >= 4 is 17.5 Å². The monoisotopic (exact) mass is 328 g/mol. The Morgan fingerprint density at radius 2 is 2.17 bits per heavy atom. The lowest BCUT2D eigenvalue weighted by Gasteiger charge is -2.19. The number of nitrogens with one attached hydrogen (secondary N) is 1. The highest BCUT2D eigenvalue weighted by Crippen LogP contribution is 2.30. The fraction of sp³-hybridized carbons (Fsp3) is 0.353. The van der Waals surface area contributed by atoms with Gasteiger partial charge in [-0.25, -0.2) is 0 Å². The summed E-state index contributed by atoms with van der Waals surface area (Å²) in [5.41, 5.74) is 1.41. The highest BCUT2D eigenvalue weighted by Gasteiger charge is 2.34. The summed E-state index contributed by atoms with van der Waals surface area (Å²) in [6.07, 6.45) is 2.52. The molecule has 7 nitrogen and oxygen atoms in total.